The molecule has 0 fully saturated rings. The fraction of sp³-hybridized carbons (Fsp3) is 0.692. The minimum atomic E-state index is -0.968. The quantitative estimate of drug-likeness (QED) is 0.293. The molecule has 0 amide bonds. The number of carbonyl (C=O) groups is 4. The van der Waals surface area contributed by atoms with Crippen molar-refractivity contribution in [2.45, 2.75) is 44.9 Å². The number of hydrogen-bond donors (Lipinski definition) is 6. The molecule has 0 saturated heterocycles. The first-order chi connectivity index (χ1) is 10.7. The molecule has 0 aromatic heterocycles. The number of hydrogen-bond acceptors (Lipinski definition) is 6. The monoisotopic (exact) mass is 338 g/mol. The van der Waals surface area contributed by atoms with E-state index >= 15 is 0 Å². The zero-order valence-corrected chi connectivity index (χ0v) is 12.9. The molecule has 0 unspecified atom stereocenters. The van der Waals surface area contributed by atoms with Crippen molar-refractivity contribution in [2.24, 2.45) is 11.5 Å². The molecule has 0 aliphatic carbocycles. The van der Waals surface area contributed by atoms with Crippen molar-refractivity contribution in [3.8, 4) is 0 Å². The zero-order valence-electron chi connectivity index (χ0n) is 12.9. The second-order valence-corrected chi connectivity index (χ2v) is 4.25. The summed E-state index contributed by atoms with van der Waals surface area (Å²) in [7, 11) is 0. The second-order valence-electron chi connectivity index (χ2n) is 4.25. The van der Waals surface area contributed by atoms with E-state index in [1.54, 1.807) is 0 Å². The van der Waals surface area contributed by atoms with Gasteiger partial charge in [-0.1, -0.05) is 19.3 Å². The molecular formula is C13H26N2O8. The van der Waals surface area contributed by atoms with Crippen molar-refractivity contribution < 1.29 is 39.6 Å². The lowest BCUT2D eigenvalue weighted by Gasteiger charge is -1.97. The fourth-order valence-electron chi connectivity index (χ4n) is 1.08. The molecule has 23 heavy (non-hydrogen) atoms. The van der Waals surface area contributed by atoms with Gasteiger partial charge in [-0.25, -0.2) is 0 Å². The molecule has 10 heteroatoms. The number of rotatable bonds is 10. The van der Waals surface area contributed by atoms with Crippen LogP contribution in [-0.2, 0) is 19.2 Å². The van der Waals surface area contributed by atoms with Gasteiger partial charge in [0.25, 0.3) is 0 Å². The van der Waals surface area contributed by atoms with Gasteiger partial charge in [0.2, 0.25) is 0 Å². The Morgan fingerprint density at radius 2 is 0.739 bits per heavy atom. The highest BCUT2D eigenvalue weighted by Crippen LogP contribution is 2.06. The Morgan fingerprint density at radius 1 is 0.522 bits per heavy atom. The van der Waals surface area contributed by atoms with Gasteiger partial charge >= 0.3 is 23.9 Å². The van der Waals surface area contributed by atoms with E-state index in [4.69, 9.17) is 20.4 Å². The lowest BCUT2D eigenvalue weighted by molar-refractivity contribution is -0.138. The Bertz CT molecular complexity index is 315. The Labute approximate surface area is 134 Å². The molecule has 0 atom stereocenters. The van der Waals surface area contributed by atoms with E-state index < -0.39 is 23.9 Å². The molecule has 0 aliphatic heterocycles. The van der Waals surface area contributed by atoms with Gasteiger partial charge in [0.15, 0.2) is 0 Å². The molecule has 0 aromatic rings. The van der Waals surface area contributed by atoms with Crippen LogP contribution in [0.2, 0.25) is 0 Å². The van der Waals surface area contributed by atoms with Crippen molar-refractivity contribution in [2.75, 3.05) is 13.1 Å². The number of carboxylic acids is 4. The first-order valence-electron chi connectivity index (χ1n) is 6.94. The first-order valence-corrected chi connectivity index (χ1v) is 6.94. The summed E-state index contributed by atoms with van der Waals surface area (Å²) in [6, 6.07) is 0. The third-order valence-corrected chi connectivity index (χ3v) is 2.13. The number of aliphatic carboxylic acids is 4. The summed E-state index contributed by atoms with van der Waals surface area (Å²) in [5.74, 6) is -3.45. The highest BCUT2D eigenvalue weighted by Gasteiger charge is 1.98. The molecule has 0 bridgehead atoms. The third-order valence-electron chi connectivity index (χ3n) is 2.13. The van der Waals surface area contributed by atoms with E-state index in [2.05, 4.69) is 11.5 Å². The normalized spacial score (nSPS) is 8.78. The molecule has 8 N–H and O–H groups in total. The first kappa shape index (κ1) is 25.7. The van der Waals surface area contributed by atoms with E-state index in [9.17, 15) is 19.2 Å². The van der Waals surface area contributed by atoms with Gasteiger partial charge in [-0.3, -0.25) is 19.2 Å². The lowest BCUT2D eigenvalue weighted by atomic mass is 10.1. The van der Waals surface area contributed by atoms with Crippen LogP contribution in [0.4, 0.5) is 0 Å². The second kappa shape index (κ2) is 19.8. The third kappa shape index (κ3) is 45.1. The topological polar surface area (TPSA) is 201 Å². The molecule has 0 spiro atoms. The van der Waals surface area contributed by atoms with Gasteiger partial charge in [0.05, 0.1) is 13.1 Å². The standard InChI is InChI=1S/C9H16O4.2C2H5NO2/c10-8(11)6-4-2-1-3-5-7-9(12)13;2*3-1-2(4)5/h1-7H2,(H,10,11)(H,12,13);2*1,3H2,(H,4,5). The molecular weight excluding hydrogens is 312 g/mol. The molecule has 136 valence electrons. The van der Waals surface area contributed by atoms with Crippen molar-refractivity contribution in [1.29, 1.82) is 0 Å². The maximum atomic E-state index is 10.1. The van der Waals surface area contributed by atoms with Crippen molar-refractivity contribution >= 4 is 23.9 Å². The summed E-state index contributed by atoms with van der Waals surface area (Å²) in [5, 5.41) is 31.8. The average molecular weight is 338 g/mol. The Hall–Kier alpha value is -2.20. The smallest absolute Gasteiger partial charge is 0.317 e. The van der Waals surface area contributed by atoms with Crippen LogP contribution >= 0.6 is 0 Å². The predicted octanol–water partition coefficient (Wildman–Crippen LogP) is -0.0543. The Kier molecular flexibility index (Phi) is 22.2. The summed E-state index contributed by atoms with van der Waals surface area (Å²) >= 11 is 0. The maximum absolute atomic E-state index is 10.1. The molecule has 0 rings (SSSR count). The molecule has 0 heterocycles. The average Bonchev–Trinajstić information content (AvgIpc) is 2.46. The Morgan fingerprint density at radius 3 is 0.913 bits per heavy atom. The highest BCUT2D eigenvalue weighted by molar-refractivity contribution is 5.69. The predicted molar refractivity (Wildman–Crippen MR) is 81.0 cm³/mol. The van der Waals surface area contributed by atoms with Gasteiger partial charge < -0.3 is 31.9 Å². The summed E-state index contributed by atoms with van der Waals surface area (Å²) in [4.78, 5) is 38.7. The van der Waals surface area contributed by atoms with E-state index in [0.717, 1.165) is 19.3 Å². The summed E-state index contributed by atoms with van der Waals surface area (Å²) in [6.45, 7) is -0.556. The summed E-state index contributed by atoms with van der Waals surface area (Å²) in [6.07, 6.45) is 4.53. The summed E-state index contributed by atoms with van der Waals surface area (Å²) < 4.78 is 0. The molecule has 0 saturated carbocycles. The van der Waals surface area contributed by atoms with Crippen LogP contribution in [0.1, 0.15) is 44.9 Å². The van der Waals surface area contributed by atoms with Gasteiger partial charge in [-0.05, 0) is 12.8 Å². The van der Waals surface area contributed by atoms with Crippen molar-refractivity contribution in [3.05, 3.63) is 0 Å². The van der Waals surface area contributed by atoms with E-state index in [0.29, 0.717) is 12.8 Å². The molecule has 0 aliphatic rings. The van der Waals surface area contributed by atoms with Crippen LogP contribution in [0.25, 0.3) is 0 Å². The van der Waals surface area contributed by atoms with Gasteiger partial charge in [0, 0.05) is 12.8 Å². The fourth-order valence-corrected chi connectivity index (χ4v) is 1.08. The summed E-state index contributed by atoms with van der Waals surface area (Å²) in [5.41, 5.74) is 9.14. The maximum Gasteiger partial charge on any atom is 0.317 e. The lowest BCUT2D eigenvalue weighted by Crippen LogP contribution is -2.10. The largest absolute Gasteiger partial charge is 0.481 e. The van der Waals surface area contributed by atoms with E-state index in [1.165, 1.54) is 0 Å². The van der Waals surface area contributed by atoms with Gasteiger partial charge in [0.1, 0.15) is 0 Å². The SMILES string of the molecule is NCC(=O)O.NCC(=O)O.O=C(O)CCCCCCCC(=O)O. The van der Waals surface area contributed by atoms with Crippen molar-refractivity contribution in [1.82, 2.24) is 0 Å². The molecule has 10 nitrogen and oxygen atoms in total. The molecule has 0 radical (unpaired) electrons. The number of unbranched alkanes of at least 4 members (excludes halogenated alkanes) is 4. The highest BCUT2D eigenvalue weighted by atomic mass is 16.4. The van der Waals surface area contributed by atoms with E-state index in [-0.39, 0.29) is 25.9 Å². The van der Waals surface area contributed by atoms with Crippen LogP contribution in [0, 0.1) is 0 Å². The van der Waals surface area contributed by atoms with Crippen LogP contribution in [0.15, 0.2) is 0 Å². The van der Waals surface area contributed by atoms with Gasteiger partial charge in [-0.2, -0.15) is 0 Å². The van der Waals surface area contributed by atoms with E-state index in [1.807, 2.05) is 0 Å². The van der Waals surface area contributed by atoms with Gasteiger partial charge in [-0.15, -0.1) is 0 Å². The van der Waals surface area contributed by atoms with Crippen LogP contribution in [0.3, 0.4) is 0 Å². The zero-order chi connectivity index (χ0) is 18.7. The van der Waals surface area contributed by atoms with Crippen LogP contribution in [-0.4, -0.2) is 57.4 Å². The minimum absolute atomic E-state index is 0.221. The molecule has 0 aromatic carbocycles. The number of carboxylic acid groups (broad SMARTS) is 4. The minimum Gasteiger partial charge on any atom is -0.481 e. The Balaban J connectivity index is -0.000000329. The van der Waals surface area contributed by atoms with Crippen LogP contribution in [0.5, 0.6) is 0 Å². The van der Waals surface area contributed by atoms with Crippen molar-refractivity contribution in [3.63, 3.8) is 0 Å². The van der Waals surface area contributed by atoms with Crippen LogP contribution < -0.4 is 11.5 Å². The number of nitrogens with two attached hydrogens (primary N) is 2.